The number of hydrogen-bond acceptors (Lipinski definition) is 10. The molecule has 0 atom stereocenters. The highest BCUT2D eigenvalue weighted by atomic mass is 32.2. The van der Waals surface area contributed by atoms with Crippen molar-refractivity contribution in [3.05, 3.63) is 52.6 Å². The van der Waals surface area contributed by atoms with Crippen molar-refractivity contribution >= 4 is 59.4 Å². The maximum absolute atomic E-state index is 12.1. The summed E-state index contributed by atoms with van der Waals surface area (Å²) in [6.45, 7) is 1.18. The quantitative estimate of drug-likeness (QED) is 0.192. The van der Waals surface area contributed by atoms with Crippen molar-refractivity contribution in [3.8, 4) is 5.75 Å². The molecule has 15 heteroatoms. The third kappa shape index (κ3) is 5.00. The molecule has 0 aromatic heterocycles. The number of phenolic OH excluding ortho intramolecular Hbond substituents is 1. The van der Waals surface area contributed by atoms with Crippen LogP contribution in [0.2, 0.25) is 0 Å². The van der Waals surface area contributed by atoms with Crippen LogP contribution in [0.25, 0.3) is 10.8 Å². The number of phenols is 1. The van der Waals surface area contributed by atoms with Crippen LogP contribution in [0, 0.1) is 10.1 Å². The zero-order valence-electron chi connectivity index (χ0n) is 17.5. The standard InChI is InChI=1S/C19H16N4O9S2/c1-10(24)20-13-6-8-16(34(30,31)32)19-14(5-7-15(25)18(13)19)22-21-12-4-3-11(23(26)27)9-17(12)33(2,28)29/h3-9,25H,1-2H3,(H,20,24)(H,30,31,32). The van der Waals surface area contributed by atoms with E-state index in [1.54, 1.807) is 0 Å². The molecule has 0 spiro atoms. The first-order valence-corrected chi connectivity index (χ1v) is 12.5. The molecule has 0 unspecified atom stereocenters. The van der Waals surface area contributed by atoms with Crippen LogP contribution in [-0.2, 0) is 24.7 Å². The molecule has 0 radical (unpaired) electrons. The Balaban J connectivity index is 2.33. The predicted molar refractivity (Wildman–Crippen MR) is 120 cm³/mol. The third-order valence-electron chi connectivity index (χ3n) is 4.49. The minimum absolute atomic E-state index is 0.0108. The molecule has 13 nitrogen and oxygen atoms in total. The smallest absolute Gasteiger partial charge is 0.295 e. The van der Waals surface area contributed by atoms with E-state index in [0.717, 1.165) is 48.7 Å². The van der Waals surface area contributed by atoms with Gasteiger partial charge in [0.2, 0.25) is 5.91 Å². The summed E-state index contributed by atoms with van der Waals surface area (Å²) in [5.74, 6) is -0.980. The molecule has 0 fully saturated rings. The minimum atomic E-state index is -4.84. The van der Waals surface area contributed by atoms with E-state index in [0.29, 0.717) is 0 Å². The van der Waals surface area contributed by atoms with Crippen molar-refractivity contribution in [1.29, 1.82) is 0 Å². The summed E-state index contributed by atoms with van der Waals surface area (Å²) in [6.07, 6.45) is 0.817. The van der Waals surface area contributed by atoms with E-state index in [4.69, 9.17) is 0 Å². The monoisotopic (exact) mass is 508 g/mol. The number of non-ortho nitro benzene ring substituents is 1. The van der Waals surface area contributed by atoms with Crippen LogP contribution >= 0.6 is 0 Å². The summed E-state index contributed by atoms with van der Waals surface area (Å²) >= 11 is 0. The highest BCUT2D eigenvalue weighted by Crippen LogP contribution is 2.42. The second-order valence-corrected chi connectivity index (χ2v) is 10.4. The number of nitro groups is 1. The number of aromatic hydroxyl groups is 1. The number of azo groups is 1. The molecule has 3 aromatic rings. The number of rotatable bonds is 6. The molecule has 0 saturated heterocycles. The fourth-order valence-electron chi connectivity index (χ4n) is 3.12. The van der Waals surface area contributed by atoms with Gasteiger partial charge in [-0.15, -0.1) is 10.2 Å². The Morgan fingerprint density at radius 1 is 0.971 bits per heavy atom. The molecule has 3 N–H and O–H groups in total. The predicted octanol–water partition coefficient (Wildman–Crippen LogP) is 3.48. The number of nitrogens with zero attached hydrogens (tertiary/aromatic N) is 3. The van der Waals surface area contributed by atoms with E-state index in [9.17, 15) is 41.4 Å². The van der Waals surface area contributed by atoms with Gasteiger partial charge < -0.3 is 10.4 Å². The Morgan fingerprint density at radius 2 is 1.59 bits per heavy atom. The second kappa shape index (κ2) is 8.77. The van der Waals surface area contributed by atoms with E-state index >= 15 is 0 Å². The lowest BCUT2D eigenvalue weighted by molar-refractivity contribution is -0.385. The molecule has 1 amide bonds. The van der Waals surface area contributed by atoms with Crippen molar-refractivity contribution in [3.63, 3.8) is 0 Å². The Kier molecular flexibility index (Phi) is 6.37. The highest BCUT2D eigenvalue weighted by molar-refractivity contribution is 7.90. The van der Waals surface area contributed by atoms with Crippen LogP contribution in [0.5, 0.6) is 5.75 Å². The average Bonchev–Trinajstić information content (AvgIpc) is 2.71. The molecular formula is C19H16N4O9S2. The number of sulfone groups is 1. The largest absolute Gasteiger partial charge is 0.507 e. The lowest BCUT2D eigenvalue weighted by Gasteiger charge is -2.13. The number of nitrogens with one attached hydrogen (secondary N) is 1. The van der Waals surface area contributed by atoms with E-state index < -0.39 is 52.0 Å². The fraction of sp³-hybridized carbons (Fsp3) is 0.105. The van der Waals surface area contributed by atoms with Gasteiger partial charge >= 0.3 is 0 Å². The SMILES string of the molecule is CC(=O)Nc1ccc(S(=O)(=O)O)c2c(N=Nc3ccc([N+](=O)[O-])cc3S(C)(=O)=O)ccc(O)c12. The molecule has 0 bridgehead atoms. The normalized spacial score (nSPS) is 12.2. The van der Waals surface area contributed by atoms with Crippen molar-refractivity contribution in [1.82, 2.24) is 0 Å². The first-order chi connectivity index (χ1) is 15.7. The van der Waals surface area contributed by atoms with Crippen LogP contribution < -0.4 is 5.32 Å². The van der Waals surface area contributed by atoms with E-state index in [1.807, 2.05) is 0 Å². The van der Waals surface area contributed by atoms with Gasteiger partial charge in [0.25, 0.3) is 15.8 Å². The Morgan fingerprint density at radius 3 is 2.15 bits per heavy atom. The minimum Gasteiger partial charge on any atom is -0.507 e. The van der Waals surface area contributed by atoms with Gasteiger partial charge in [-0.1, -0.05) is 0 Å². The Labute approximate surface area is 192 Å². The van der Waals surface area contributed by atoms with Crippen molar-refractivity contribution < 1.29 is 36.2 Å². The van der Waals surface area contributed by atoms with Gasteiger partial charge in [0.05, 0.1) is 21.7 Å². The van der Waals surface area contributed by atoms with Crippen molar-refractivity contribution in [2.45, 2.75) is 16.7 Å². The Bertz CT molecular complexity index is 1600. The molecular weight excluding hydrogens is 492 g/mol. The topological polar surface area (TPSA) is 206 Å². The molecule has 178 valence electrons. The summed E-state index contributed by atoms with van der Waals surface area (Å²) in [6, 6.07) is 7.28. The summed E-state index contributed by atoms with van der Waals surface area (Å²) < 4.78 is 57.9. The van der Waals surface area contributed by atoms with Gasteiger partial charge in [0.1, 0.15) is 21.2 Å². The molecule has 3 aromatic carbocycles. The van der Waals surface area contributed by atoms with Crippen LogP contribution in [0.1, 0.15) is 6.92 Å². The Hall–Kier alpha value is -3.95. The number of amides is 1. The van der Waals surface area contributed by atoms with Gasteiger partial charge in [-0.2, -0.15) is 8.42 Å². The van der Waals surface area contributed by atoms with Gasteiger partial charge in [-0.05, 0) is 30.3 Å². The number of anilines is 1. The van der Waals surface area contributed by atoms with Crippen LogP contribution in [0.15, 0.2) is 62.5 Å². The van der Waals surface area contributed by atoms with Gasteiger partial charge in [0, 0.05) is 30.7 Å². The molecule has 0 saturated carbocycles. The molecule has 0 heterocycles. The summed E-state index contributed by atoms with van der Waals surface area (Å²) in [7, 11) is -8.82. The van der Waals surface area contributed by atoms with Crippen molar-refractivity contribution in [2.75, 3.05) is 11.6 Å². The van der Waals surface area contributed by atoms with E-state index in [1.165, 1.54) is 6.92 Å². The fourth-order valence-corrected chi connectivity index (χ4v) is 4.65. The van der Waals surface area contributed by atoms with Gasteiger partial charge in [0.15, 0.2) is 9.84 Å². The van der Waals surface area contributed by atoms with E-state index in [-0.39, 0.29) is 27.8 Å². The summed E-state index contributed by atoms with van der Waals surface area (Å²) in [4.78, 5) is 20.6. The number of nitro benzene ring substituents is 1. The summed E-state index contributed by atoms with van der Waals surface area (Å²) in [5, 5.41) is 31.0. The number of benzene rings is 3. The van der Waals surface area contributed by atoms with Crippen LogP contribution in [0.4, 0.5) is 22.7 Å². The van der Waals surface area contributed by atoms with Gasteiger partial charge in [-0.25, -0.2) is 8.42 Å². The number of carbonyl (C=O) groups is 1. The van der Waals surface area contributed by atoms with Crippen molar-refractivity contribution in [2.24, 2.45) is 10.2 Å². The maximum Gasteiger partial charge on any atom is 0.295 e. The zero-order chi connectivity index (χ0) is 25.4. The molecule has 3 rings (SSSR count). The summed E-state index contributed by atoms with van der Waals surface area (Å²) in [5.41, 5.74) is -0.981. The molecule has 0 aliphatic carbocycles. The van der Waals surface area contributed by atoms with Crippen LogP contribution in [0.3, 0.4) is 0 Å². The maximum atomic E-state index is 12.1. The lowest BCUT2D eigenvalue weighted by atomic mass is 10.1. The van der Waals surface area contributed by atoms with Crippen LogP contribution in [-0.4, -0.2) is 43.6 Å². The first-order valence-electron chi connectivity index (χ1n) is 9.14. The van der Waals surface area contributed by atoms with Gasteiger partial charge in [-0.3, -0.25) is 19.5 Å². The number of fused-ring (bicyclic) bond motifs is 1. The first kappa shape index (κ1) is 24.7. The van der Waals surface area contributed by atoms with E-state index in [2.05, 4.69) is 15.5 Å². The average molecular weight is 508 g/mol. The molecule has 34 heavy (non-hydrogen) atoms. The number of hydrogen-bond donors (Lipinski definition) is 3. The molecule has 0 aliphatic rings. The molecule has 0 aliphatic heterocycles. The highest BCUT2D eigenvalue weighted by Gasteiger charge is 2.22. The second-order valence-electron chi connectivity index (χ2n) is 7.00. The zero-order valence-corrected chi connectivity index (χ0v) is 19.1. The number of carbonyl (C=O) groups excluding carboxylic acids is 1. The lowest BCUT2D eigenvalue weighted by Crippen LogP contribution is -2.07. The third-order valence-corrected chi connectivity index (χ3v) is 6.51.